The lowest BCUT2D eigenvalue weighted by molar-refractivity contribution is 0.367. The van der Waals surface area contributed by atoms with E-state index in [0.717, 1.165) is 22.5 Å². The molecule has 0 radical (unpaired) electrons. The van der Waals surface area contributed by atoms with Crippen LogP contribution in [0.25, 0.3) is 5.69 Å². The van der Waals surface area contributed by atoms with Crippen LogP contribution in [0.2, 0.25) is 0 Å². The maximum Gasteiger partial charge on any atom is 0.229 e. The van der Waals surface area contributed by atoms with Crippen molar-refractivity contribution in [3.05, 3.63) is 88.9 Å². The van der Waals surface area contributed by atoms with Crippen molar-refractivity contribution in [2.45, 2.75) is 12.8 Å². The number of para-hydroxylation sites is 1. The highest BCUT2D eigenvalue weighted by molar-refractivity contribution is 5.57. The van der Waals surface area contributed by atoms with E-state index in [1.54, 1.807) is 4.68 Å². The van der Waals surface area contributed by atoms with Gasteiger partial charge in [0.15, 0.2) is 0 Å². The third kappa shape index (κ3) is 2.36. The number of ether oxygens (including phenoxy) is 1. The fraction of sp³-hybridized carbons (Fsp3) is 0.100. The molecule has 1 aliphatic heterocycles. The molecule has 4 rings (SSSR count). The van der Waals surface area contributed by atoms with Crippen molar-refractivity contribution in [1.29, 1.82) is 5.26 Å². The number of fused-ring (bicyclic) bond motifs is 1. The molecule has 1 aliphatic rings. The summed E-state index contributed by atoms with van der Waals surface area (Å²) in [5.74, 6) is 0.405. The second-order valence-electron chi connectivity index (χ2n) is 5.89. The quantitative estimate of drug-likeness (QED) is 0.782. The highest BCUT2D eigenvalue weighted by Gasteiger charge is 2.35. The molecule has 0 saturated heterocycles. The maximum atomic E-state index is 9.64. The normalized spacial score (nSPS) is 16.1. The number of nitriles is 1. The van der Waals surface area contributed by atoms with E-state index in [1.165, 1.54) is 0 Å². The van der Waals surface area contributed by atoms with Gasteiger partial charge < -0.3 is 10.5 Å². The monoisotopic (exact) mass is 328 g/mol. The highest BCUT2D eigenvalue weighted by Crippen LogP contribution is 2.44. The van der Waals surface area contributed by atoms with E-state index in [-0.39, 0.29) is 11.8 Å². The molecule has 2 N–H and O–H groups in total. The zero-order valence-corrected chi connectivity index (χ0v) is 13.7. The van der Waals surface area contributed by atoms with Crippen LogP contribution >= 0.6 is 0 Å². The standard InChI is InChI=1S/C20H16N4O/c1-13-17-18(14-8-4-2-5-9-14)16(12-21)19(22)25-20(17)24(23-13)15-10-6-3-7-11-15/h2-11,18H,22H2,1H3/t18-/m0/s1. The molecule has 0 fully saturated rings. The molecule has 2 heterocycles. The van der Waals surface area contributed by atoms with Gasteiger partial charge in [0.1, 0.15) is 11.6 Å². The van der Waals surface area contributed by atoms with Gasteiger partial charge in [0.05, 0.1) is 22.9 Å². The van der Waals surface area contributed by atoms with Crippen LogP contribution in [0.4, 0.5) is 0 Å². The van der Waals surface area contributed by atoms with Gasteiger partial charge in [-0.25, -0.2) is 4.68 Å². The van der Waals surface area contributed by atoms with Crippen molar-refractivity contribution < 1.29 is 4.74 Å². The molecule has 5 nitrogen and oxygen atoms in total. The third-order valence-corrected chi connectivity index (χ3v) is 4.37. The Hall–Kier alpha value is -3.52. The van der Waals surface area contributed by atoms with Crippen LogP contribution in [0.1, 0.15) is 22.7 Å². The smallest absolute Gasteiger partial charge is 0.229 e. The number of nitrogens with two attached hydrogens (primary N) is 1. The van der Waals surface area contributed by atoms with Gasteiger partial charge in [-0.3, -0.25) is 0 Å². The summed E-state index contributed by atoms with van der Waals surface area (Å²) in [6, 6.07) is 21.8. The molecule has 0 saturated carbocycles. The minimum Gasteiger partial charge on any atom is -0.422 e. The number of aryl methyl sites for hydroxylation is 1. The number of hydrogen-bond donors (Lipinski definition) is 1. The van der Waals surface area contributed by atoms with Crippen LogP contribution in [0, 0.1) is 18.3 Å². The summed E-state index contributed by atoms with van der Waals surface area (Å²) in [5.41, 5.74) is 10.1. The van der Waals surface area contributed by atoms with E-state index in [2.05, 4.69) is 11.2 Å². The summed E-state index contributed by atoms with van der Waals surface area (Å²) in [5, 5.41) is 14.3. The fourth-order valence-corrected chi connectivity index (χ4v) is 3.24. The minimum absolute atomic E-state index is 0.126. The van der Waals surface area contributed by atoms with Gasteiger partial charge in [0, 0.05) is 0 Å². The second-order valence-corrected chi connectivity index (χ2v) is 5.89. The topological polar surface area (TPSA) is 76.9 Å². The van der Waals surface area contributed by atoms with Crippen molar-refractivity contribution in [1.82, 2.24) is 9.78 Å². The number of aromatic nitrogens is 2. The molecule has 3 aromatic rings. The minimum atomic E-state index is -0.285. The van der Waals surface area contributed by atoms with E-state index < -0.39 is 0 Å². The largest absolute Gasteiger partial charge is 0.422 e. The van der Waals surface area contributed by atoms with Gasteiger partial charge in [0.2, 0.25) is 11.8 Å². The van der Waals surface area contributed by atoms with E-state index in [1.807, 2.05) is 67.6 Å². The predicted octanol–water partition coefficient (Wildman–Crippen LogP) is 3.40. The molecule has 0 unspecified atom stereocenters. The number of nitrogens with zero attached hydrogens (tertiary/aromatic N) is 3. The molecule has 0 bridgehead atoms. The lowest BCUT2D eigenvalue weighted by Gasteiger charge is -2.24. The number of allylic oxidation sites excluding steroid dienone is 1. The molecule has 0 amide bonds. The molecule has 25 heavy (non-hydrogen) atoms. The van der Waals surface area contributed by atoms with Crippen molar-refractivity contribution in [3.8, 4) is 17.6 Å². The Morgan fingerprint density at radius 1 is 1.08 bits per heavy atom. The third-order valence-electron chi connectivity index (χ3n) is 4.37. The molecular formula is C20H16N4O. The number of hydrogen-bond acceptors (Lipinski definition) is 4. The van der Waals surface area contributed by atoms with Gasteiger partial charge in [-0.1, -0.05) is 48.5 Å². The molecule has 0 aliphatic carbocycles. The Morgan fingerprint density at radius 2 is 1.72 bits per heavy atom. The molecule has 122 valence electrons. The Bertz CT molecular complexity index is 997. The summed E-state index contributed by atoms with van der Waals surface area (Å²) in [6.07, 6.45) is 0. The molecule has 2 aromatic carbocycles. The number of benzene rings is 2. The summed E-state index contributed by atoms with van der Waals surface area (Å²) in [7, 11) is 0. The molecule has 0 spiro atoms. The van der Waals surface area contributed by atoms with E-state index in [9.17, 15) is 5.26 Å². The Kier molecular flexibility index (Phi) is 3.51. The van der Waals surface area contributed by atoms with Crippen molar-refractivity contribution in [2.24, 2.45) is 5.73 Å². The number of rotatable bonds is 2. The Balaban J connectivity index is 1.97. The molecule has 1 aromatic heterocycles. The van der Waals surface area contributed by atoms with Gasteiger partial charge in [-0.2, -0.15) is 10.4 Å². The zero-order valence-electron chi connectivity index (χ0n) is 13.7. The lowest BCUT2D eigenvalue weighted by Crippen LogP contribution is -2.22. The first-order chi connectivity index (χ1) is 12.2. The zero-order chi connectivity index (χ0) is 17.4. The molecule has 5 heteroatoms. The van der Waals surface area contributed by atoms with Crippen molar-refractivity contribution in [3.63, 3.8) is 0 Å². The van der Waals surface area contributed by atoms with Crippen LogP contribution in [0.15, 0.2) is 72.1 Å². The maximum absolute atomic E-state index is 9.64. The van der Waals surface area contributed by atoms with Gasteiger partial charge in [-0.05, 0) is 24.6 Å². The van der Waals surface area contributed by atoms with Crippen LogP contribution in [-0.4, -0.2) is 9.78 Å². The van der Waals surface area contributed by atoms with E-state index >= 15 is 0 Å². The van der Waals surface area contributed by atoms with Gasteiger partial charge >= 0.3 is 0 Å². The van der Waals surface area contributed by atoms with Crippen LogP contribution in [0.5, 0.6) is 5.88 Å². The summed E-state index contributed by atoms with van der Waals surface area (Å²) in [6.45, 7) is 1.92. The SMILES string of the molecule is Cc1nn(-c2ccccc2)c2c1[C@@H](c1ccccc1)C(C#N)=C(N)O2. The van der Waals surface area contributed by atoms with Crippen molar-refractivity contribution >= 4 is 0 Å². The second kappa shape index (κ2) is 5.84. The fourth-order valence-electron chi connectivity index (χ4n) is 3.24. The first-order valence-electron chi connectivity index (χ1n) is 7.98. The molecule has 1 atom stereocenters. The highest BCUT2D eigenvalue weighted by atomic mass is 16.5. The summed E-state index contributed by atoms with van der Waals surface area (Å²) >= 11 is 0. The first-order valence-corrected chi connectivity index (χ1v) is 7.98. The summed E-state index contributed by atoms with van der Waals surface area (Å²) < 4.78 is 7.57. The molecular weight excluding hydrogens is 312 g/mol. The van der Waals surface area contributed by atoms with Gasteiger partial charge in [-0.15, -0.1) is 0 Å². The van der Waals surface area contributed by atoms with E-state index in [0.29, 0.717) is 11.5 Å². The average molecular weight is 328 g/mol. The predicted molar refractivity (Wildman–Crippen MR) is 94.0 cm³/mol. The summed E-state index contributed by atoms with van der Waals surface area (Å²) in [4.78, 5) is 0. The lowest BCUT2D eigenvalue weighted by atomic mass is 9.84. The van der Waals surface area contributed by atoms with Crippen molar-refractivity contribution in [2.75, 3.05) is 0 Å². The van der Waals surface area contributed by atoms with Gasteiger partial charge in [0.25, 0.3) is 0 Å². The van der Waals surface area contributed by atoms with Crippen LogP contribution < -0.4 is 10.5 Å². The van der Waals surface area contributed by atoms with Crippen LogP contribution in [0.3, 0.4) is 0 Å². The van der Waals surface area contributed by atoms with E-state index in [4.69, 9.17) is 10.5 Å². The average Bonchev–Trinajstić information content (AvgIpc) is 2.98. The van der Waals surface area contributed by atoms with Crippen LogP contribution in [-0.2, 0) is 0 Å². The Morgan fingerprint density at radius 3 is 2.36 bits per heavy atom. The Labute approximate surface area is 145 Å². The first kappa shape index (κ1) is 15.0.